The number of aromatic nitrogens is 4. The molecule has 5 rings (SSSR count). The monoisotopic (exact) mass is 570 g/mol. The second kappa shape index (κ2) is 12.3. The number of aromatic amines is 1. The molecule has 11 atom stereocenters. The van der Waals surface area contributed by atoms with E-state index in [2.05, 4.69) is 48.3 Å². The van der Waals surface area contributed by atoms with Gasteiger partial charge in [0.25, 0.3) is 0 Å². The van der Waals surface area contributed by atoms with Crippen LogP contribution in [-0.2, 0) is 25.5 Å². The van der Waals surface area contributed by atoms with Crippen LogP contribution < -0.4 is 0 Å². The lowest BCUT2D eigenvalue weighted by Crippen LogP contribution is -2.63. The van der Waals surface area contributed by atoms with Gasteiger partial charge in [0.05, 0.1) is 0 Å². The first-order chi connectivity index (χ1) is 19.6. The van der Waals surface area contributed by atoms with Crippen molar-refractivity contribution in [2.45, 2.75) is 137 Å². The summed E-state index contributed by atoms with van der Waals surface area (Å²) in [6.07, 6.45) is 14.7. The third-order valence-corrected chi connectivity index (χ3v) is 12.7. The number of nitrogens with one attached hydrogen (secondary N) is 1. The number of aryl methyl sites for hydroxylation is 1. The van der Waals surface area contributed by atoms with E-state index in [1.807, 2.05) is 0 Å². The summed E-state index contributed by atoms with van der Waals surface area (Å²) in [6.45, 7) is 13.0. The van der Waals surface area contributed by atoms with Gasteiger partial charge >= 0.3 is 11.9 Å². The van der Waals surface area contributed by atoms with E-state index in [4.69, 9.17) is 9.47 Å². The molecule has 4 aliphatic carbocycles. The van der Waals surface area contributed by atoms with Crippen molar-refractivity contribution in [2.24, 2.45) is 52.3 Å². The maximum atomic E-state index is 12.6. The zero-order chi connectivity index (χ0) is 29.4. The van der Waals surface area contributed by atoms with Crippen molar-refractivity contribution in [3.8, 4) is 0 Å². The summed E-state index contributed by atoms with van der Waals surface area (Å²) in [6, 6.07) is 0. The number of esters is 2. The fraction of sp³-hybridized carbons (Fsp3) is 0.909. The van der Waals surface area contributed by atoms with Crippen molar-refractivity contribution in [3.05, 3.63) is 5.82 Å². The summed E-state index contributed by atoms with van der Waals surface area (Å²) >= 11 is 0. The number of hydrogen-bond donors (Lipinski definition) is 1. The van der Waals surface area contributed by atoms with E-state index in [9.17, 15) is 9.59 Å². The Morgan fingerprint density at radius 2 is 1.68 bits per heavy atom. The number of fused-ring (bicyclic) bond motifs is 5. The molecule has 0 spiro atoms. The molecule has 8 nitrogen and oxygen atoms in total. The molecule has 4 saturated carbocycles. The van der Waals surface area contributed by atoms with Crippen molar-refractivity contribution in [2.75, 3.05) is 0 Å². The van der Waals surface area contributed by atoms with E-state index in [-0.39, 0.29) is 29.6 Å². The molecule has 0 saturated heterocycles. The first kappa shape index (κ1) is 30.5. The molecule has 0 amide bonds. The van der Waals surface area contributed by atoms with Crippen LogP contribution >= 0.6 is 0 Å². The SMILES string of the molecule is CC[C@@H]1C2C[C@H](OC(C)=O)CC[C@@]2(C)[C@H]2CCC3(C)C([C@H](C)CCCCCc4nn[nH]n4)CC[C@H]3C2[C@@H]1OC(C)=O. The molecule has 4 fully saturated rings. The molecular weight excluding hydrogens is 516 g/mol. The zero-order valence-electron chi connectivity index (χ0n) is 26.4. The number of tetrazole rings is 1. The Morgan fingerprint density at radius 1 is 0.951 bits per heavy atom. The van der Waals surface area contributed by atoms with Gasteiger partial charge in [-0.15, -0.1) is 10.2 Å². The molecule has 230 valence electrons. The van der Waals surface area contributed by atoms with Crippen molar-refractivity contribution in [1.82, 2.24) is 20.6 Å². The fourth-order valence-corrected chi connectivity index (χ4v) is 11.0. The number of H-pyrrole nitrogens is 1. The average Bonchev–Trinajstić information content (AvgIpc) is 3.56. The van der Waals surface area contributed by atoms with E-state index < -0.39 is 0 Å². The van der Waals surface area contributed by atoms with Crippen LogP contribution in [0.5, 0.6) is 0 Å². The molecule has 0 bridgehead atoms. The Labute approximate surface area is 246 Å². The number of ether oxygens (including phenoxy) is 2. The van der Waals surface area contributed by atoms with Crippen molar-refractivity contribution in [3.63, 3.8) is 0 Å². The van der Waals surface area contributed by atoms with Crippen LogP contribution in [0, 0.1) is 52.3 Å². The van der Waals surface area contributed by atoms with Crippen LogP contribution in [0.2, 0.25) is 0 Å². The maximum absolute atomic E-state index is 12.6. The summed E-state index contributed by atoms with van der Waals surface area (Å²) in [5.41, 5.74) is 0.516. The lowest BCUT2D eigenvalue weighted by atomic mass is 9.41. The second-order valence-corrected chi connectivity index (χ2v) is 14.7. The summed E-state index contributed by atoms with van der Waals surface area (Å²) in [7, 11) is 0. The highest BCUT2D eigenvalue weighted by Gasteiger charge is 2.66. The van der Waals surface area contributed by atoms with Gasteiger partial charge in [-0.3, -0.25) is 9.59 Å². The van der Waals surface area contributed by atoms with Crippen LogP contribution in [0.15, 0.2) is 0 Å². The van der Waals surface area contributed by atoms with Gasteiger partial charge in [-0.05, 0) is 104 Å². The summed E-state index contributed by atoms with van der Waals surface area (Å²) < 4.78 is 12.1. The van der Waals surface area contributed by atoms with Gasteiger partial charge in [0.2, 0.25) is 0 Å². The second-order valence-electron chi connectivity index (χ2n) is 14.7. The standard InChI is InChI=1S/C33H54N4O4/c1-7-24-28-19-23(40-21(3)38)15-17-33(28,6)27-16-18-32(5)25(13-14-26(32)30(27)31(24)41-22(4)39)20(2)11-9-8-10-12-29-34-36-37-35-29/h20,23-28,30-31H,7-19H2,1-6H3,(H,34,35,36,37)/t20-,23-,24-,25?,26+,27+,28?,30?,31-,32?,33+/m1/s1. The number of unbranched alkanes of at least 4 members (excludes halogenated alkanes) is 2. The van der Waals surface area contributed by atoms with Gasteiger partial charge in [0.1, 0.15) is 12.2 Å². The van der Waals surface area contributed by atoms with Gasteiger partial charge < -0.3 is 9.47 Å². The molecule has 1 N–H and O–H groups in total. The molecule has 4 aliphatic rings. The third kappa shape index (κ3) is 5.82. The van der Waals surface area contributed by atoms with E-state index in [0.29, 0.717) is 40.9 Å². The normalized spacial score (nSPS) is 40.6. The smallest absolute Gasteiger partial charge is 0.302 e. The van der Waals surface area contributed by atoms with Gasteiger partial charge in [0, 0.05) is 26.2 Å². The summed E-state index contributed by atoms with van der Waals surface area (Å²) in [5.74, 6) is 4.27. The summed E-state index contributed by atoms with van der Waals surface area (Å²) in [4.78, 5) is 24.4. The van der Waals surface area contributed by atoms with Crippen LogP contribution in [-0.4, -0.2) is 44.8 Å². The van der Waals surface area contributed by atoms with E-state index >= 15 is 0 Å². The molecule has 1 aromatic heterocycles. The number of nitrogens with zero attached hydrogens (tertiary/aromatic N) is 3. The molecule has 0 radical (unpaired) electrons. The predicted octanol–water partition coefficient (Wildman–Crippen LogP) is 6.71. The highest BCUT2D eigenvalue weighted by Crippen LogP contribution is 2.70. The topological polar surface area (TPSA) is 107 Å². The number of carbonyl (C=O) groups excluding carboxylic acids is 2. The minimum absolute atomic E-state index is 0.00747. The molecular formula is C33H54N4O4. The van der Waals surface area contributed by atoms with Gasteiger partial charge in [-0.1, -0.05) is 52.2 Å². The first-order valence-electron chi connectivity index (χ1n) is 16.6. The van der Waals surface area contributed by atoms with Crippen molar-refractivity contribution >= 4 is 11.9 Å². The Morgan fingerprint density at radius 3 is 2.37 bits per heavy atom. The van der Waals surface area contributed by atoms with Gasteiger partial charge in [-0.25, -0.2) is 0 Å². The number of hydrogen-bond acceptors (Lipinski definition) is 7. The third-order valence-electron chi connectivity index (χ3n) is 12.7. The van der Waals surface area contributed by atoms with Crippen LogP contribution in [0.25, 0.3) is 0 Å². The van der Waals surface area contributed by atoms with E-state index in [1.165, 1.54) is 51.9 Å². The van der Waals surface area contributed by atoms with Crippen LogP contribution in [0.3, 0.4) is 0 Å². The van der Waals surface area contributed by atoms with E-state index in [1.54, 1.807) is 6.92 Å². The number of carbonyl (C=O) groups is 2. The minimum Gasteiger partial charge on any atom is -0.463 e. The molecule has 0 aliphatic heterocycles. The van der Waals surface area contributed by atoms with Crippen molar-refractivity contribution < 1.29 is 19.1 Å². The highest BCUT2D eigenvalue weighted by molar-refractivity contribution is 5.66. The highest BCUT2D eigenvalue weighted by atomic mass is 16.5. The number of rotatable bonds is 10. The van der Waals surface area contributed by atoms with Crippen molar-refractivity contribution in [1.29, 1.82) is 0 Å². The van der Waals surface area contributed by atoms with Gasteiger partial charge in [-0.2, -0.15) is 5.21 Å². The zero-order valence-corrected chi connectivity index (χ0v) is 26.4. The Kier molecular flexibility index (Phi) is 9.15. The van der Waals surface area contributed by atoms with Crippen LogP contribution in [0.4, 0.5) is 0 Å². The van der Waals surface area contributed by atoms with E-state index in [0.717, 1.165) is 50.3 Å². The fourth-order valence-electron chi connectivity index (χ4n) is 11.0. The largest absolute Gasteiger partial charge is 0.463 e. The molecule has 41 heavy (non-hydrogen) atoms. The molecule has 4 unspecified atom stereocenters. The Bertz CT molecular complexity index is 1050. The maximum Gasteiger partial charge on any atom is 0.302 e. The molecule has 1 aromatic rings. The lowest BCUT2D eigenvalue weighted by molar-refractivity contribution is -0.219. The Hall–Kier alpha value is -1.99. The average molecular weight is 571 g/mol. The first-order valence-corrected chi connectivity index (χ1v) is 16.6. The van der Waals surface area contributed by atoms with Gasteiger partial charge in [0.15, 0.2) is 5.82 Å². The lowest BCUT2D eigenvalue weighted by Gasteiger charge is -2.65. The minimum atomic E-state index is -0.177. The quantitative estimate of drug-likeness (QED) is 0.246. The molecule has 1 heterocycles. The molecule has 8 heteroatoms. The molecule has 0 aromatic carbocycles. The Balaban J connectivity index is 1.32. The predicted molar refractivity (Wildman–Crippen MR) is 156 cm³/mol. The summed E-state index contributed by atoms with van der Waals surface area (Å²) in [5, 5.41) is 14.4. The van der Waals surface area contributed by atoms with Crippen LogP contribution in [0.1, 0.15) is 124 Å².